The number of aromatic nitrogens is 3. The highest BCUT2D eigenvalue weighted by Crippen LogP contribution is 2.26. The summed E-state index contributed by atoms with van der Waals surface area (Å²) in [5.41, 5.74) is 2.09. The monoisotopic (exact) mass is 286 g/mol. The lowest BCUT2D eigenvalue weighted by atomic mass is 9.87. The molecule has 0 saturated heterocycles. The molecule has 1 fully saturated rings. The van der Waals surface area contributed by atoms with E-state index in [1.165, 1.54) is 38.5 Å². The molecule has 0 unspecified atom stereocenters. The van der Waals surface area contributed by atoms with E-state index in [4.69, 9.17) is 0 Å². The van der Waals surface area contributed by atoms with E-state index in [1.54, 1.807) is 0 Å². The molecule has 0 aliphatic heterocycles. The van der Waals surface area contributed by atoms with Crippen molar-refractivity contribution in [1.82, 2.24) is 14.8 Å². The number of hydrogen-bond acceptors (Lipinski definition) is 3. The molecule has 2 aromatic rings. The van der Waals surface area contributed by atoms with Crippen molar-refractivity contribution < 1.29 is 0 Å². The summed E-state index contributed by atoms with van der Waals surface area (Å²) >= 11 is 0. The zero-order valence-corrected chi connectivity index (χ0v) is 13.2. The van der Waals surface area contributed by atoms with Crippen LogP contribution in [-0.4, -0.2) is 21.3 Å². The third-order valence-corrected chi connectivity index (χ3v) is 4.53. The Morgan fingerprint density at radius 3 is 2.81 bits per heavy atom. The van der Waals surface area contributed by atoms with E-state index < -0.39 is 0 Å². The fraction of sp³-hybridized carbons (Fsp3) is 0.647. The minimum atomic E-state index is 0.347. The number of fused-ring (bicyclic) bond motifs is 1. The maximum atomic E-state index is 4.57. The predicted molar refractivity (Wildman–Crippen MR) is 87.6 cm³/mol. The minimum Gasteiger partial charge on any atom is -0.384 e. The number of nitrogens with one attached hydrogen (secondary N) is 1. The summed E-state index contributed by atoms with van der Waals surface area (Å²) in [6.07, 6.45) is 12.2. The van der Waals surface area contributed by atoms with Gasteiger partial charge in [-0.15, -0.1) is 0 Å². The van der Waals surface area contributed by atoms with Crippen LogP contribution in [0.4, 0.5) is 5.69 Å². The Hall–Kier alpha value is -1.58. The molecule has 21 heavy (non-hydrogen) atoms. The van der Waals surface area contributed by atoms with Crippen molar-refractivity contribution in [3.63, 3.8) is 0 Å². The van der Waals surface area contributed by atoms with Crippen LogP contribution >= 0.6 is 0 Å². The van der Waals surface area contributed by atoms with Crippen molar-refractivity contribution in [2.75, 3.05) is 11.9 Å². The quantitative estimate of drug-likeness (QED) is 0.886. The first-order valence-corrected chi connectivity index (χ1v) is 8.31. The number of hydrogen-bond donors (Lipinski definition) is 1. The smallest absolute Gasteiger partial charge is 0.158 e. The average Bonchev–Trinajstić information content (AvgIpc) is 2.91. The van der Waals surface area contributed by atoms with Crippen LogP contribution in [0.3, 0.4) is 0 Å². The van der Waals surface area contributed by atoms with Gasteiger partial charge in [0.05, 0.1) is 18.1 Å². The molecule has 0 radical (unpaired) electrons. The molecule has 4 heteroatoms. The summed E-state index contributed by atoms with van der Waals surface area (Å²) in [5, 5.41) is 9.06. The van der Waals surface area contributed by atoms with E-state index >= 15 is 0 Å². The summed E-state index contributed by atoms with van der Waals surface area (Å²) in [6.45, 7) is 5.31. The van der Waals surface area contributed by atoms with Gasteiger partial charge in [0.1, 0.15) is 0 Å². The molecule has 0 atom stereocenters. The molecule has 0 spiro atoms. The lowest BCUT2D eigenvalue weighted by Crippen LogP contribution is -2.12. The highest BCUT2D eigenvalue weighted by atomic mass is 15.3. The molecule has 4 nitrogen and oxygen atoms in total. The van der Waals surface area contributed by atoms with E-state index in [0.717, 1.165) is 29.2 Å². The maximum absolute atomic E-state index is 4.57. The molecular weight excluding hydrogens is 260 g/mol. The summed E-state index contributed by atoms with van der Waals surface area (Å²) in [4.78, 5) is 4.57. The molecule has 3 rings (SSSR count). The van der Waals surface area contributed by atoms with Crippen molar-refractivity contribution in [2.24, 2.45) is 5.92 Å². The maximum Gasteiger partial charge on any atom is 0.158 e. The molecule has 2 heterocycles. The van der Waals surface area contributed by atoms with Crippen LogP contribution in [0.15, 0.2) is 18.5 Å². The topological polar surface area (TPSA) is 42.7 Å². The summed E-state index contributed by atoms with van der Waals surface area (Å²) in [7, 11) is 0. The van der Waals surface area contributed by atoms with E-state index in [2.05, 4.69) is 35.3 Å². The van der Waals surface area contributed by atoms with Gasteiger partial charge in [-0.1, -0.05) is 32.1 Å². The SMILES string of the molecule is CC(C)n1ncc2cc(NCCC3CCCCC3)cnc21. The van der Waals surface area contributed by atoms with E-state index in [1.807, 2.05) is 17.1 Å². The van der Waals surface area contributed by atoms with Gasteiger partial charge in [0, 0.05) is 18.0 Å². The largest absolute Gasteiger partial charge is 0.384 e. The second-order valence-corrected chi connectivity index (χ2v) is 6.54. The van der Waals surface area contributed by atoms with Crippen molar-refractivity contribution in [2.45, 2.75) is 58.4 Å². The Morgan fingerprint density at radius 2 is 2.05 bits per heavy atom. The second kappa shape index (κ2) is 6.46. The Morgan fingerprint density at radius 1 is 1.24 bits per heavy atom. The molecule has 1 saturated carbocycles. The average molecular weight is 286 g/mol. The standard InChI is InChI=1S/C17H26N4/c1-13(2)21-17-15(11-20-21)10-16(12-19-17)18-9-8-14-6-4-3-5-7-14/h10-14,18H,3-9H2,1-2H3. The van der Waals surface area contributed by atoms with Crippen molar-refractivity contribution in [3.05, 3.63) is 18.5 Å². The Balaban J connectivity index is 1.59. The molecule has 0 amide bonds. The Kier molecular flexibility index (Phi) is 4.42. The van der Waals surface area contributed by atoms with Gasteiger partial charge in [-0.3, -0.25) is 0 Å². The predicted octanol–water partition coefficient (Wildman–Crippen LogP) is 4.39. The van der Waals surface area contributed by atoms with E-state index in [-0.39, 0.29) is 0 Å². The van der Waals surface area contributed by atoms with E-state index in [0.29, 0.717) is 6.04 Å². The van der Waals surface area contributed by atoms with Gasteiger partial charge in [-0.25, -0.2) is 9.67 Å². The molecule has 114 valence electrons. The van der Waals surface area contributed by atoms with Crippen LogP contribution in [-0.2, 0) is 0 Å². The Labute approximate surface area is 126 Å². The van der Waals surface area contributed by atoms with Crippen LogP contribution in [0, 0.1) is 5.92 Å². The van der Waals surface area contributed by atoms with E-state index in [9.17, 15) is 0 Å². The molecule has 1 aliphatic carbocycles. The zero-order valence-electron chi connectivity index (χ0n) is 13.2. The fourth-order valence-corrected chi connectivity index (χ4v) is 3.31. The number of rotatable bonds is 5. The molecule has 1 N–H and O–H groups in total. The molecule has 0 bridgehead atoms. The number of pyridine rings is 1. The van der Waals surface area contributed by atoms with Gasteiger partial charge in [0.15, 0.2) is 5.65 Å². The van der Waals surface area contributed by atoms with Crippen LogP contribution in [0.1, 0.15) is 58.4 Å². The summed E-state index contributed by atoms with van der Waals surface area (Å²) in [6, 6.07) is 2.51. The third kappa shape index (κ3) is 3.36. The van der Waals surface area contributed by atoms with Gasteiger partial charge >= 0.3 is 0 Å². The fourth-order valence-electron chi connectivity index (χ4n) is 3.31. The van der Waals surface area contributed by atoms with Crippen LogP contribution in [0.2, 0.25) is 0 Å². The lowest BCUT2D eigenvalue weighted by Gasteiger charge is -2.21. The van der Waals surface area contributed by atoms with Crippen molar-refractivity contribution in [1.29, 1.82) is 0 Å². The van der Waals surface area contributed by atoms with Crippen molar-refractivity contribution in [3.8, 4) is 0 Å². The third-order valence-electron chi connectivity index (χ3n) is 4.53. The second-order valence-electron chi connectivity index (χ2n) is 6.54. The number of nitrogens with zero attached hydrogens (tertiary/aromatic N) is 3. The lowest BCUT2D eigenvalue weighted by molar-refractivity contribution is 0.345. The van der Waals surface area contributed by atoms with Crippen LogP contribution in [0.5, 0.6) is 0 Å². The Bertz CT molecular complexity index is 581. The van der Waals surface area contributed by atoms with Crippen LogP contribution < -0.4 is 5.32 Å². The first-order valence-electron chi connectivity index (χ1n) is 8.31. The molecule has 2 aromatic heterocycles. The van der Waals surface area contributed by atoms with Gasteiger partial charge < -0.3 is 5.32 Å². The van der Waals surface area contributed by atoms with Crippen LogP contribution in [0.25, 0.3) is 11.0 Å². The molecule has 0 aromatic carbocycles. The van der Waals surface area contributed by atoms with Gasteiger partial charge in [-0.05, 0) is 32.3 Å². The first kappa shape index (κ1) is 14.4. The highest BCUT2D eigenvalue weighted by Gasteiger charge is 2.13. The molecular formula is C17H26N4. The summed E-state index contributed by atoms with van der Waals surface area (Å²) in [5.74, 6) is 0.923. The summed E-state index contributed by atoms with van der Waals surface area (Å²) < 4.78 is 1.97. The highest BCUT2D eigenvalue weighted by molar-refractivity contribution is 5.78. The first-order chi connectivity index (χ1) is 10.2. The minimum absolute atomic E-state index is 0.347. The van der Waals surface area contributed by atoms with Crippen molar-refractivity contribution >= 4 is 16.7 Å². The van der Waals surface area contributed by atoms with Gasteiger partial charge in [0.25, 0.3) is 0 Å². The van der Waals surface area contributed by atoms with Gasteiger partial charge in [0.2, 0.25) is 0 Å². The number of anilines is 1. The van der Waals surface area contributed by atoms with Gasteiger partial charge in [-0.2, -0.15) is 5.10 Å². The molecule has 1 aliphatic rings. The zero-order chi connectivity index (χ0) is 14.7. The normalized spacial score (nSPS) is 16.7.